The third-order valence-electron chi connectivity index (χ3n) is 3.39. The van der Waals surface area contributed by atoms with Crippen molar-refractivity contribution in [1.29, 1.82) is 0 Å². The van der Waals surface area contributed by atoms with Crippen LogP contribution in [0, 0.1) is 0 Å². The van der Waals surface area contributed by atoms with Gasteiger partial charge in [0.25, 0.3) is 0 Å². The van der Waals surface area contributed by atoms with Crippen LogP contribution in [0.1, 0.15) is 38.0 Å². The summed E-state index contributed by atoms with van der Waals surface area (Å²) >= 11 is 0. The number of hydrogen-bond donors (Lipinski definition) is 2. The highest BCUT2D eigenvalue weighted by molar-refractivity contribution is 14.0. The first-order valence-electron chi connectivity index (χ1n) is 7.83. The molecule has 2 rings (SSSR count). The van der Waals surface area contributed by atoms with Gasteiger partial charge in [0.2, 0.25) is 5.89 Å². The summed E-state index contributed by atoms with van der Waals surface area (Å²) < 4.78 is 10.6. The first kappa shape index (κ1) is 21.2. The average Bonchev–Trinajstić information content (AvgIpc) is 3.04. The highest BCUT2D eigenvalue weighted by atomic mass is 127. The van der Waals surface area contributed by atoms with Gasteiger partial charge in [-0.25, -0.2) is 0 Å². The number of guanidine groups is 1. The fourth-order valence-electron chi connectivity index (χ4n) is 2.04. The molecular weight excluding hydrogens is 433 g/mol. The predicted molar refractivity (Wildman–Crippen MR) is 108 cm³/mol. The van der Waals surface area contributed by atoms with Gasteiger partial charge in [-0.05, 0) is 6.07 Å². The molecule has 1 aromatic heterocycles. The van der Waals surface area contributed by atoms with E-state index in [0.29, 0.717) is 30.8 Å². The van der Waals surface area contributed by atoms with E-state index >= 15 is 0 Å². The van der Waals surface area contributed by atoms with Gasteiger partial charge in [-0.15, -0.1) is 24.0 Å². The SMILES string of the molecule is CN=C(NCc1noc(C(C)(C)C)n1)NCc1ccccc1OC.I. The Morgan fingerprint density at radius 2 is 1.88 bits per heavy atom. The number of rotatable bonds is 5. The van der Waals surface area contributed by atoms with E-state index in [0.717, 1.165) is 11.3 Å². The second kappa shape index (κ2) is 9.59. The van der Waals surface area contributed by atoms with Crippen LogP contribution in [0.25, 0.3) is 0 Å². The molecule has 1 aromatic carbocycles. The average molecular weight is 459 g/mol. The van der Waals surface area contributed by atoms with Crippen molar-refractivity contribution in [3.63, 3.8) is 0 Å². The summed E-state index contributed by atoms with van der Waals surface area (Å²) in [7, 11) is 3.38. The van der Waals surface area contributed by atoms with Crippen molar-refractivity contribution >= 4 is 29.9 Å². The van der Waals surface area contributed by atoms with Crippen molar-refractivity contribution in [3.05, 3.63) is 41.5 Å². The van der Waals surface area contributed by atoms with E-state index in [1.807, 2.05) is 45.0 Å². The molecule has 2 N–H and O–H groups in total. The fraction of sp³-hybridized carbons (Fsp3) is 0.471. The van der Waals surface area contributed by atoms with Crippen molar-refractivity contribution in [3.8, 4) is 5.75 Å². The lowest BCUT2D eigenvalue weighted by molar-refractivity contribution is 0.318. The molecule has 0 aliphatic rings. The van der Waals surface area contributed by atoms with E-state index in [-0.39, 0.29) is 29.4 Å². The standard InChI is InChI=1S/C17H25N5O2.HI/c1-17(2,3)15-21-14(22-24-15)11-20-16(18-4)19-10-12-8-6-7-9-13(12)23-5;/h6-9H,10-11H2,1-5H3,(H2,18,19,20);1H. The van der Waals surface area contributed by atoms with E-state index in [2.05, 4.69) is 25.8 Å². The Hall–Kier alpha value is -1.84. The number of halogens is 1. The molecule has 0 aliphatic heterocycles. The molecule has 0 radical (unpaired) electrons. The summed E-state index contributed by atoms with van der Waals surface area (Å²) in [6.07, 6.45) is 0. The number of ether oxygens (including phenoxy) is 1. The molecule has 2 aromatic rings. The van der Waals surface area contributed by atoms with Gasteiger partial charge in [0.05, 0.1) is 13.7 Å². The van der Waals surface area contributed by atoms with Crippen LogP contribution in [-0.2, 0) is 18.5 Å². The topological polar surface area (TPSA) is 84.6 Å². The van der Waals surface area contributed by atoms with Gasteiger partial charge in [0, 0.05) is 24.6 Å². The van der Waals surface area contributed by atoms with Crippen LogP contribution in [0.3, 0.4) is 0 Å². The number of benzene rings is 1. The lowest BCUT2D eigenvalue weighted by Gasteiger charge is -2.13. The van der Waals surface area contributed by atoms with Crippen LogP contribution in [0.2, 0.25) is 0 Å². The van der Waals surface area contributed by atoms with E-state index in [1.165, 1.54) is 0 Å². The monoisotopic (exact) mass is 459 g/mol. The maximum Gasteiger partial charge on any atom is 0.232 e. The molecule has 25 heavy (non-hydrogen) atoms. The van der Waals surface area contributed by atoms with Crippen molar-refractivity contribution in [1.82, 2.24) is 20.8 Å². The molecule has 0 saturated heterocycles. The van der Waals surface area contributed by atoms with E-state index < -0.39 is 0 Å². The molecule has 0 fully saturated rings. The number of nitrogens with one attached hydrogen (secondary N) is 2. The molecular formula is C17H26IN5O2. The fourth-order valence-corrected chi connectivity index (χ4v) is 2.04. The maximum atomic E-state index is 5.34. The number of para-hydroxylation sites is 1. The smallest absolute Gasteiger partial charge is 0.232 e. The highest BCUT2D eigenvalue weighted by Crippen LogP contribution is 2.19. The van der Waals surface area contributed by atoms with Gasteiger partial charge in [-0.1, -0.05) is 44.1 Å². The maximum absolute atomic E-state index is 5.34. The Labute approximate surface area is 165 Å². The number of aromatic nitrogens is 2. The quantitative estimate of drug-likeness (QED) is 0.407. The molecule has 0 saturated carbocycles. The third-order valence-corrected chi connectivity index (χ3v) is 3.39. The van der Waals surface area contributed by atoms with Gasteiger partial charge in [-0.3, -0.25) is 4.99 Å². The van der Waals surface area contributed by atoms with Gasteiger partial charge < -0.3 is 19.9 Å². The van der Waals surface area contributed by atoms with E-state index in [4.69, 9.17) is 9.26 Å². The third kappa shape index (κ3) is 6.18. The molecule has 0 atom stereocenters. The van der Waals surface area contributed by atoms with Crippen LogP contribution >= 0.6 is 24.0 Å². The van der Waals surface area contributed by atoms with Crippen LogP contribution in [0.15, 0.2) is 33.8 Å². The van der Waals surface area contributed by atoms with Crippen molar-refractivity contribution < 1.29 is 9.26 Å². The Bertz CT molecular complexity index is 694. The molecule has 138 valence electrons. The summed E-state index contributed by atoms with van der Waals surface area (Å²) in [5.74, 6) is 2.72. The molecule has 7 nitrogen and oxygen atoms in total. The summed E-state index contributed by atoms with van der Waals surface area (Å²) in [6, 6.07) is 7.86. The molecule has 0 bridgehead atoms. The van der Waals surface area contributed by atoms with Crippen molar-refractivity contribution in [2.75, 3.05) is 14.2 Å². The van der Waals surface area contributed by atoms with Gasteiger partial charge in [0.15, 0.2) is 11.8 Å². The summed E-state index contributed by atoms with van der Waals surface area (Å²) in [5.41, 5.74) is 0.896. The van der Waals surface area contributed by atoms with Crippen LogP contribution in [-0.4, -0.2) is 30.3 Å². The Balaban J connectivity index is 0.00000312. The molecule has 1 heterocycles. The van der Waals surface area contributed by atoms with Crippen LogP contribution < -0.4 is 15.4 Å². The second-order valence-corrected chi connectivity index (χ2v) is 6.36. The predicted octanol–water partition coefficient (Wildman–Crippen LogP) is 2.86. The zero-order valence-electron chi connectivity index (χ0n) is 15.3. The lowest BCUT2D eigenvalue weighted by Crippen LogP contribution is -2.36. The number of methoxy groups -OCH3 is 1. The molecule has 0 aliphatic carbocycles. The lowest BCUT2D eigenvalue weighted by atomic mass is 9.97. The summed E-state index contributed by atoms with van der Waals surface area (Å²) in [4.78, 5) is 8.59. The minimum atomic E-state index is -0.158. The normalized spacial score (nSPS) is 11.6. The number of nitrogens with zero attached hydrogens (tertiary/aromatic N) is 3. The van der Waals surface area contributed by atoms with Crippen LogP contribution in [0.5, 0.6) is 5.75 Å². The first-order valence-corrected chi connectivity index (χ1v) is 7.83. The first-order chi connectivity index (χ1) is 11.4. The van der Waals surface area contributed by atoms with Crippen molar-refractivity contribution in [2.45, 2.75) is 39.3 Å². The van der Waals surface area contributed by atoms with Gasteiger partial charge in [0.1, 0.15) is 5.75 Å². The second-order valence-electron chi connectivity index (χ2n) is 6.36. The molecule has 0 unspecified atom stereocenters. The number of aliphatic imine (C=N–C) groups is 1. The number of hydrogen-bond acceptors (Lipinski definition) is 5. The van der Waals surface area contributed by atoms with Gasteiger partial charge in [-0.2, -0.15) is 4.98 Å². The summed E-state index contributed by atoms with van der Waals surface area (Å²) in [5, 5.41) is 10.4. The van der Waals surface area contributed by atoms with Crippen molar-refractivity contribution in [2.24, 2.45) is 4.99 Å². The van der Waals surface area contributed by atoms with Gasteiger partial charge >= 0.3 is 0 Å². The minimum absolute atomic E-state index is 0. The Morgan fingerprint density at radius 3 is 2.48 bits per heavy atom. The molecule has 8 heteroatoms. The molecule has 0 amide bonds. The zero-order chi connectivity index (χ0) is 17.6. The molecule has 0 spiro atoms. The van der Waals surface area contributed by atoms with E-state index in [9.17, 15) is 0 Å². The van der Waals surface area contributed by atoms with E-state index in [1.54, 1.807) is 14.2 Å². The zero-order valence-corrected chi connectivity index (χ0v) is 17.6. The Kier molecular flexibility index (Phi) is 8.14. The summed E-state index contributed by atoms with van der Waals surface area (Å²) in [6.45, 7) is 7.14. The highest BCUT2D eigenvalue weighted by Gasteiger charge is 2.21. The Morgan fingerprint density at radius 1 is 1.20 bits per heavy atom. The largest absolute Gasteiger partial charge is 0.496 e. The minimum Gasteiger partial charge on any atom is -0.496 e. The van der Waals surface area contributed by atoms with Crippen LogP contribution in [0.4, 0.5) is 0 Å².